The molecule has 0 aliphatic rings. The van der Waals surface area contributed by atoms with Crippen molar-refractivity contribution in [3.05, 3.63) is 60.3 Å². The number of anilines is 1. The molecule has 9 nitrogen and oxygen atoms in total. The van der Waals surface area contributed by atoms with Crippen molar-refractivity contribution >= 4 is 30.7 Å². The number of fused-ring (bicyclic) bond motifs is 1. The quantitative estimate of drug-likeness (QED) is 0.163. The first kappa shape index (κ1) is 30.2. The summed E-state index contributed by atoms with van der Waals surface area (Å²) < 4.78 is 13.5. The van der Waals surface area contributed by atoms with Crippen LogP contribution in [-0.4, -0.2) is 81.6 Å². The summed E-state index contributed by atoms with van der Waals surface area (Å²) in [5, 5.41) is 12.0. The Balaban J connectivity index is 1.71. The lowest BCUT2D eigenvalue weighted by molar-refractivity contribution is 0.0814. The smallest absolute Gasteiger partial charge is 0.253 e. The fourth-order valence-electron chi connectivity index (χ4n) is 4.49. The van der Waals surface area contributed by atoms with Crippen molar-refractivity contribution in [3.8, 4) is 28.1 Å². The van der Waals surface area contributed by atoms with E-state index in [1.54, 1.807) is 7.11 Å². The predicted octanol–water partition coefficient (Wildman–Crippen LogP) is 5.42. The second kappa shape index (κ2) is 13.3. The van der Waals surface area contributed by atoms with Gasteiger partial charge in [-0.2, -0.15) is 5.10 Å². The predicted molar refractivity (Wildman–Crippen MR) is 169 cm³/mol. The van der Waals surface area contributed by atoms with Crippen LogP contribution in [0.2, 0.25) is 25.7 Å². The average molecular weight is 575 g/mol. The molecule has 1 amide bonds. The molecular formula is C31H42N6O3Si. The highest BCUT2D eigenvalue weighted by Gasteiger charge is 2.19. The zero-order valence-electron chi connectivity index (χ0n) is 25.2. The molecule has 4 aromatic rings. The molecule has 41 heavy (non-hydrogen) atoms. The summed E-state index contributed by atoms with van der Waals surface area (Å²) in [6, 6.07) is 16.8. The highest BCUT2D eigenvalue weighted by molar-refractivity contribution is 6.76. The normalized spacial score (nSPS) is 11.7. The lowest BCUT2D eigenvalue weighted by atomic mass is 10.0. The SMILES string of the molecule is CNc1cc(-c2cnc3c(c2)c(-c2ccccc2OC)nn3COCC[Si](C)(C)C)ccc1C(=O)NCCN(C)C. The number of rotatable bonds is 13. The van der Waals surface area contributed by atoms with E-state index < -0.39 is 8.07 Å². The third-order valence-corrected chi connectivity index (χ3v) is 8.57. The van der Waals surface area contributed by atoms with Crippen LogP contribution in [0, 0.1) is 0 Å². The summed E-state index contributed by atoms with van der Waals surface area (Å²) in [6.45, 7) is 9.39. The minimum Gasteiger partial charge on any atom is -0.496 e. The number of nitrogens with zero attached hydrogens (tertiary/aromatic N) is 4. The number of ether oxygens (including phenoxy) is 2. The number of carbonyl (C=O) groups excluding carboxylic acids is 1. The molecule has 0 fully saturated rings. The van der Waals surface area contributed by atoms with Gasteiger partial charge < -0.3 is 25.0 Å². The Bertz CT molecular complexity index is 1500. The second-order valence-corrected chi connectivity index (χ2v) is 17.2. The van der Waals surface area contributed by atoms with Crippen LogP contribution in [0.4, 0.5) is 5.69 Å². The summed E-state index contributed by atoms with van der Waals surface area (Å²) >= 11 is 0. The van der Waals surface area contributed by atoms with Gasteiger partial charge in [0.1, 0.15) is 18.2 Å². The number of methoxy groups -OCH3 is 1. The lowest BCUT2D eigenvalue weighted by Crippen LogP contribution is -2.31. The average Bonchev–Trinajstić information content (AvgIpc) is 3.31. The number of hydrogen-bond donors (Lipinski definition) is 2. The molecule has 4 rings (SSSR count). The van der Waals surface area contributed by atoms with Crippen LogP contribution in [0.15, 0.2) is 54.7 Å². The van der Waals surface area contributed by atoms with Crippen LogP contribution >= 0.6 is 0 Å². The molecule has 2 heterocycles. The van der Waals surface area contributed by atoms with Crippen molar-refractivity contribution in [2.24, 2.45) is 0 Å². The van der Waals surface area contributed by atoms with Gasteiger partial charge in [-0.25, -0.2) is 9.67 Å². The van der Waals surface area contributed by atoms with Gasteiger partial charge in [-0.05, 0) is 56.0 Å². The number of benzene rings is 2. The lowest BCUT2D eigenvalue weighted by Gasteiger charge is -2.15. The molecule has 0 spiro atoms. The van der Waals surface area contributed by atoms with Crippen LogP contribution < -0.4 is 15.4 Å². The van der Waals surface area contributed by atoms with Crippen LogP contribution in [0.5, 0.6) is 5.75 Å². The van der Waals surface area contributed by atoms with E-state index >= 15 is 0 Å². The van der Waals surface area contributed by atoms with Crippen molar-refractivity contribution in [1.29, 1.82) is 0 Å². The molecule has 0 radical (unpaired) electrons. The van der Waals surface area contributed by atoms with E-state index in [-0.39, 0.29) is 5.91 Å². The monoisotopic (exact) mass is 574 g/mol. The molecule has 218 valence electrons. The molecule has 0 saturated carbocycles. The molecule has 0 aliphatic carbocycles. The Hall–Kier alpha value is -3.73. The third kappa shape index (κ3) is 7.52. The summed E-state index contributed by atoms with van der Waals surface area (Å²) in [7, 11) is 6.25. The summed E-state index contributed by atoms with van der Waals surface area (Å²) in [6.07, 6.45) is 1.85. The zero-order chi connectivity index (χ0) is 29.6. The molecule has 0 bridgehead atoms. The van der Waals surface area contributed by atoms with E-state index in [0.717, 1.165) is 57.4 Å². The summed E-state index contributed by atoms with van der Waals surface area (Å²) in [4.78, 5) is 19.7. The van der Waals surface area contributed by atoms with Crippen molar-refractivity contribution < 1.29 is 14.3 Å². The Labute approximate surface area is 243 Å². The van der Waals surface area contributed by atoms with Crippen molar-refractivity contribution in [1.82, 2.24) is 25.0 Å². The standard InChI is InChI=1S/C31H42N6O3Si/c1-32-27-19-22(12-13-24(27)31(38)33-14-15-36(2)3)23-18-26-29(25-10-8-9-11-28(25)39-4)35-37(30(26)34-20-23)21-40-16-17-41(5,6)7/h8-13,18-20,32H,14-17,21H2,1-7H3,(H,33,38). The number of likely N-dealkylation sites (N-methyl/N-ethyl adjacent to an activating group) is 1. The van der Waals surface area contributed by atoms with Gasteiger partial charge in [0.25, 0.3) is 5.91 Å². The zero-order valence-corrected chi connectivity index (χ0v) is 26.2. The molecule has 2 aromatic heterocycles. The molecule has 2 N–H and O–H groups in total. The maximum Gasteiger partial charge on any atom is 0.253 e. The van der Waals surface area contributed by atoms with Crippen molar-refractivity contribution in [2.45, 2.75) is 32.4 Å². The largest absolute Gasteiger partial charge is 0.496 e. The van der Waals surface area contributed by atoms with E-state index in [9.17, 15) is 4.79 Å². The highest BCUT2D eigenvalue weighted by atomic mass is 28.3. The molecule has 2 aromatic carbocycles. The summed E-state index contributed by atoms with van der Waals surface area (Å²) in [5.74, 6) is 0.636. The van der Waals surface area contributed by atoms with Crippen LogP contribution in [-0.2, 0) is 11.5 Å². The molecular weight excluding hydrogens is 532 g/mol. The third-order valence-electron chi connectivity index (χ3n) is 6.87. The van der Waals surface area contributed by atoms with Gasteiger partial charge in [0.2, 0.25) is 0 Å². The van der Waals surface area contributed by atoms with Crippen molar-refractivity contribution in [3.63, 3.8) is 0 Å². The number of para-hydroxylation sites is 1. The highest BCUT2D eigenvalue weighted by Crippen LogP contribution is 2.36. The number of hydrogen-bond acceptors (Lipinski definition) is 7. The number of nitrogens with one attached hydrogen (secondary N) is 2. The number of aromatic nitrogens is 3. The molecule has 0 aliphatic heterocycles. The first-order valence-corrected chi connectivity index (χ1v) is 17.6. The molecule has 0 atom stereocenters. The Morgan fingerprint density at radius 1 is 1.07 bits per heavy atom. The van der Waals surface area contributed by atoms with Gasteiger partial charge in [0, 0.05) is 63.2 Å². The minimum atomic E-state index is -1.20. The van der Waals surface area contributed by atoms with E-state index in [0.29, 0.717) is 25.4 Å². The van der Waals surface area contributed by atoms with Gasteiger partial charge in [0.15, 0.2) is 5.65 Å². The first-order valence-electron chi connectivity index (χ1n) is 13.9. The number of carbonyl (C=O) groups is 1. The van der Waals surface area contributed by atoms with Gasteiger partial charge in [0.05, 0.1) is 12.7 Å². The minimum absolute atomic E-state index is 0.106. The maximum atomic E-state index is 12.8. The van der Waals surface area contributed by atoms with Gasteiger partial charge in [-0.15, -0.1) is 0 Å². The van der Waals surface area contributed by atoms with Gasteiger partial charge in [-0.1, -0.05) is 37.8 Å². The van der Waals surface area contributed by atoms with Crippen molar-refractivity contribution in [2.75, 3.05) is 53.3 Å². The number of amides is 1. The molecule has 0 unspecified atom stereocenters. The second-order valence-electron chi connectivity index (χ2n) is 11.6. The Kier molecular flexibility index (Phi) is 9.80. The molecule has 10 heteroatoms. The van der Waals surface area contributed by atoms with E-state index in [1.165, 1.54) is 0 Å². The number of pyridine rings is 1. The Morgan fingerprint density at radius 3 is 2.56 bits per heavy atom. The van der Waals surface area contributed by atoms with E-state index in [4.69, 9.17) is 19.6 Å². The van der Waals surface area contributed by atoms with Crippen LogP contribution in [0.3, 0.4) is 0 Å². The Morgan fingerprint density at radius 2 is 1.85 bits per heavy atom. The van der Waals surface area contributed by atoms with Gasteiger partial charge in [-0.3, -0.25) is 4.79 Å². The maximum absolute atomic E-state index is 12.8. The van der Waals surface area contributed by atoms with Gasteiger partial charge >= 0.3 is 0 Å². The summed E-state index contributed by atoms with van der Waals surface area (Å²) in [5.41, 5.74) is 5.63. The van der Waals surface area contributed by atoms with Crippen LogP contribution in [0.25, 0.3) is 33.4 Å². The topological polar surface area (TPSA) is 93.5 Å². The van der Waals surface area contributed by atoms with Crippen LogP contribution in [0.1, 0.15) is 10.4 Å². The van der Waals surface area contributed by atoms with E-state index in [2.05, 4.69) is 36.3 Å². The fraction of sp³-hybridized carbons (Fsp3) is 0.387. The van der Waals surface area contributed by atoms with E-state index in [1.807, 2.05) is 79.4 Å². The molecule has 0 saturated heterocycles. The fourth-order valence-corrected chi connectivity index (χ4v) is 5.25. The first-order chi connectivity index (χ1) is 19.6.